The van der Waals surface area contributed by atoms with Crippen LogP contribution in [0.15, 0.2) is 46.9 Å². The second kappa shape index (κ2) is 5.43. The Labute approximate surface area is 121 Å². The van der Waals surface area contributed by atoms with Gasteiger partial charge < -0.3 is 5.11 Å². The maximum Gasteiger partial charge on any atom is 0.123 e. The van der Waals surface area contributed by atoms with Crippen LogP contribution < -0.4 is 0 Å². The second-order valence-electron chi connectivity index (χ2n) is 5.03. The number of hydrogen-bond donors (Lipinski definition) is 1. The van der Waals surface area contributed by atoms with Crippen LogP contribution in [-0.2, 0) is 12.0 Å². The molecular formula is C16H16BrFO. The molecule has 1 atom stereocenters. The molecule has 19 heavy (non-hydrogen) atoms. The summed E-state index contributed by atoms with van der Waals surface area (Å²) < 4.78 is 14.1. The van der Waals surface area contributed by atoms with Crippen molar-refractivity contribution in [3.63, 3.8) is 0 Å². The van der Waals surface area contributed by atoms with E-state index in [0.29, 0.717) is 6.42 Å². The first-order valence-electron chi connectivity index (χ1n) is 6.12. The normalized spacial score (nSPS) is 14.2. The average molecular weight is 323 g/mol. The van der Waals surface area contributed by atoms with Crippen LogP contribution >= 0.6 is 15.9 Å². The fourth-order valence-electron chi connectivity index (χ4n) is 2.14. The maximum atomic E-state index is 13.1. The highest BCUT2D eigenvalue weighted by Crippen LogP contribution is 2.27. The molecule has 0 spiro atoms. The molecule has 0 bridgehead atoms. The third kappa shape index (κ3) is 3.43. The molecule has 1 nitrogen and oxygen atoms in total. The van der Waals surface area contributed by atoms with E-state index in [1.165, 1.54) is 12.1 Å². The average Bonchev–Trinajstić information content (AvgIpc) is 2.33. The van der Waals surface area contributed by atoms with Gasteiger partial charge in [0.1, 0.15) is 5.82 Å². The van der Waals surface area contributed by atoms with Crippen molar-refractivity contribution in [2.75, 3.05) is 0 Å². The second-order valence-corrected chi connectivity index (χ2v) is 5.94. The SMILES string of the molecule is Cc1cc(F)ccc1CC(C)(O)c1ccc(Br)cc1. The first-order valence-corrected chi connectivity index (χ1v) is 6.91. The highest BCUT2D eigenvalue weighted by molar-refractivity contribution is 9.10. The lowest BCUT2D eigenvalue weighted by Crippen LogP contribution is -2.24. The van der Waals surface area contributed by atoms with Crippen molar-refractivity contribution in [1.29, 1.82) is 0 Å². The number of rotatable bonds is 3. The molecule has 0 fully saturated rings. The van der Waals surface area contributed by atoms with Gasteiger partial charge in [0, 0.05) is 10.9 Å². The van der Waals surface area contributed by atoms with Gasteiger partial charge in [-0.2, -0.15) is 0 Å². The van der Waals surface area contributed by atoms with Crippen molar-refractivity contribution in [2.24, 2.45) is 0 Å². The van der Waals surface area contributed by atoms with E-state index in [1.54, 1.807) is 13.0 Å². The van der Waals surface area contributed by atoms with E-state index in [9.17, 15) is 9.50 Å². The van der Waals surface area contributed by atoms with Gasteiger partial charge in [0.15, 0.2) is 0 Å². The van der Waals surface area contributed by atoms with Crippen LogP contribution in [0.25, 0.3) is 0 Å². The minimum absolute atomic E-state index is 0.246. The Balaban J connectivity index is 2.27. The van der Waals surface area contributed by atoms with Gasteiger partial charge in [0.2, 0.25) is 0 Å². The Kier molecular flexibility index (Phi) is 4.07. The number of aliphatic hydroxyl groups is 1. The van der Waals surface area contributed by atoms with Crippen molar-refractivity contribution in [2.45, 2.75) is 25.9 Å². The van der Waals surface area contributed by atoms with E-state index >= 15 is 0 Å². The zero-order valence-corrected chi connectivity index (χ0v) is 12.5. The summed E-state index contributed by atoms with van der Waals surface area (Å²) in [5, 5.41) is 10.6. The third-order valence-electron chi connectivity index (χ3n) is 3.31. The van der Waals surface area contributed by atoms with Crippen LogP contribution in [-0.4, -0.2) is 5.11 Å². The molecule has 0 saturated heterocycles. The Hall–Kier alpha value is -1.19. The Morgan fingerprint density at radius 2 is 1.79 bits per heavy atom. The van der Waals surface area contributed by atoms with Crippen LogP contribution in [0.2, 0.25) is 0 Å². The largest absolute Gasteiger partial charge is 0.385 e. The predicted octanol–water partition coefficient (Wildman–Crippen LogP) is 4.35. The van der Waals surface area contributed by atoms with Crippen LogP contribution in [0.1, 0.15) is 23.6 Å². The zero-order valence-electron chi connectivity index (χ0n) is 11.0. The lowest BCUT2D eigenvalue weighted by atomic mass is 9.87. The highest BCUT2D eigenvalue weighted by Gasteiger charge is 2.24. The van der Waals surface area contributed by atoms with E-state index < -0.39 is 5.60 Å². The summed E-state index contributed by atoms with van der Waals surface area (Å²) in [5.41, 5.74) is 1.69. The minimum atomic E-state index is -0.969. The summed E-state index contributed by atoms with van der Waals surface area (Å²) in [4.78, 5) is 0. The van der Waals surface area contributed by atoms with Crippen LogP contribution in [0.4, 0.5) is 4.39 Å². The highest BCUT2D eigenvalue weighted by atomic mass is 79.9. The van der Waals surface area contributed by atoms with E-state index in [1.807, 2.05) is 31.2 Å². The molecule has 0 aliphatic carbocycles. The third-order valence-corrected chi connectivity index (χ3v) is 3.83. The predicted molar refractivity (Wildman–Crippen MR) is 78.6 cm³/mol. The summed E-state index contributed by atoms with van der Waals surface area (Å²) in [5.74, 6) is -0.246. The molecule has 0 radical (unpaired) electrons. The molecule has 2 aromatic rings. The molecule has 0 amide bonds. The van der Waals surface area contributed by atoms with E-state index in [2.05, 4.69) is 15.9 Å². The van der Waals surface area contributed by atoms with Crippen LogP contribution in [0, 0.1) is 12.7 Å². The van der Waals surface area contributed by atoms with Gasteiger partial charge in [-0.1, -0.05) is 34.1 Å². The quantitative estimate of drug-likeness (QED) is 0.890. The number of aryl methyl sites for hydroxylation is 1. The molecule has 1 N–H and O–H groups in total. The van der Waals surface area contributed by atoms with Gasteiger partial charge in [0.25, 0.3) is 0 Å². The van der Waals surface area contributed by atoms with Gasteiger partial charge in [-0.05, 0) is 54.8 Å². The van der Waals surface area contributed by atoms with Crippen LogP contribution in [0.5, 0.6) is 0 Å². The van der Waals surface area contributed by atoms with Crippen LogP contribution in [0.3, 0.4) is 0 Å². The fraction of sp³-hybridized carbons (Fsp3) is 0.250. The lowest BCUT2D eigenvalue weighted by molar-refractivity contribution is 0.0574. The smallest absolute Gasteiger partial charge is 0.123 e. The number of hydrogen-bond acceptors (Lipinski definition) is 1. The molecule has 0 aliphatic heterocycles. The summed E-state index contributed by atoms with van der Waals surface area (Å²) in [6.07, 6.45) is 0.459. The molecular weight excluding hydrogens is 307 g/mol. The van der Waals surface area contributed by atoms with E-state index in [0.717, 1.165) is 21.2 Å². The summed E-state index contributed by atoms with van der Waals surface area (Å²) in [7, 11) is 0. The van der Waals surface area contributed by atoms with Gasteiger partial charge in [0.05, 0.1) is 5.60 Å². The van der Waals surface area contributed by atoms with E-state index in [4.69, 9.17) is 0 Å². The first-order chi connectivity index (χ1) is 8.88. The van der Waals surface area contributed by atoms with Crippen molar-refractivity contribution < 1.29 is 9.50 Å². The Bertz CT molecular complexity index is 576. The topological polar surface area (TPSA) is 20.2 Å². The molecule has 100 valence electrons. The molecule has 3 heteroatoms. The van der Waals surface area contributed by atoms with Crippen molar-refractivity contribution in [1.82, 2.24) is 0 Å². The summed E-state index contributed by atoms with van der Waals surface area (Å²) in [6, 6.07) is 12.2. The maximum absolute atomic E-state index is 13.1. The van der Waals surface area contributed by atoms with Gasteiger partial charge in [-0.25, -0.2) is 4.39 Å². The standard InChI is InChI=1S/C16H16BrFO/c1-11-9-15(18)8-3-12(11)10-16(2,19)13-4-6-14(17)7-5-13/h3-9,19H,10H2,1-2H3. The minimum Gasteiger partial charge on any atom is -0.385 e. The van der Waals surface area contributed by atoms with E-state index in [-0.39, 0.29) is 5.82 Å². The summed E-state index contributed by atoms with van der Waals surface area (Å²) in [6.45, 7) is 3.63. The monoisotopic (exact) mass is 322 g/mol. The van der Waals surface area contributed by atoms with Gasteiger partial charge >= 0.3 is 0 Å². The molecule has 0 aliphatic rings. The summed E-state index contributed by atoms with van der Waals surface area (Å²) >= 11 is 3.38. The van der Waals surface area contributed by atoms with Crippen molar-refractivity contribution in [3.05, 3.63) is 69.4 Å². The fourth-order valence-corrected chi connectivity index (χ4v) is 2.40. The lowest BCUT2D eigenvalue weighted by Gasteiger charge is -2.25. The van der Waals surface area contributed by atoms with Crippen molar-refractivity contribution in [3.8, 4) is 0 Å². The zero-order chi connectivity index (χ0) is 14.0. The Morgan fingerprint density at radius 3 is 2.37 bits per heavy atom. The molecule has 2 rings (SSSR count). The molecule has 0 saturated carbocycles. The number of benzene rings is 2. The van der Waals surface area contributed by atoms with Gasteiger partial charge in [-0.3, -0.25) is 0 Å². The van der Waals surface area contributed by atoms with Gasteiger partial charge in [-0.15, -0.1) is 0 Å². The van der Waals surface area contributed by atoms with Crippen molar-refractivity contribution >= 4 is 15.9 Å². The number of halogens is 2. The molecule has 1 unspecified atom stereocenters. The molecule has 0 heterocycles. The molecule has 0 aromatic heterocycles. The molecule has 2 aromatic carbocycles. The Morgan fingerprint density at radius 1 is 1.16 bits per heavy atom. The first kappa shape index (κ1) is 14.2.